The number of hydrogen-bond donors (Lipinski definition) is 2. The van der Waals surface area contributed by atoms with Gasteiger partial charge in [0.25, 0.3) is 0 Å². The first-order valence-corrected chi connectivity index (χ1v) is 11.4. The fourth-order valence-electron chi connectivity index (χ4n) is 5.01. The fraction of sp³-hybridized carbons (Fsp3) is 0.650. The van der Waals surface area contributed by atoms with Crippen molar-refractivity contribution in [3.8, 4) is 0 Å². The average Bonchev–Trinajstić information content (AvgIpc) is 3.39. The fourth-order valence-corrected chi connectivity index (χ4v) is 6.30. The molecular weight excluding hydrogens is 364 g/mol. The molecule has 2 aliphatic carbocycles. The number of carbonyl (C=O) groups excluding carboxylic acids is 1. The van der Waals surface area contributed by atoms with E-state index in [1.807, 2.05) is 6.92 Å². The van der Waals surface area contributed by atoms with E-state index in [0.717, 1.165) is 18.8 Å². The van der Waals surface area contributed by atoms with E-state index >= 15 is 0 Å². The Kier molecular flexibility index (Phi) is 5.27. The molecule has 0 aromatic heterocycles. The number of nitrogens with one attached hydrogen (secondary N) is 2. The third kappa shape index (κ3) is 4.05. The van der Waals surface area contributed by atoms with Crippen molar-refractivity contribution in [3.05, 3.63) is 24.3 Å². The standard InChI is InChI=1S/C20H28N2O4S/c1-13(19-11-14-2-3-15(19)10-14)22-27(24,25)18-6-4-17(5-7-18)21-20(23)16-8-9-26-12-16/h4-7,13-16,19,22H,2-3,8-12H2,1H3,(H,21,23). The summed E-state index contributed by atoms with van der Waals surface area (Å²) < 4.78 is 33.6. The van der Waals surface area contributed by atoms with Crippen LogP contribution >= 0.6 is 0 Å². The van der Waals surface area contributed by atoms with Gasteiger partial charge < -0.3 is 10.1 Å². The molecule has 1 heterocycles. The van der Waals surface area contributed by atoms with Crippen LogP contribution in [0.3, 0.4) is 0 Å². The molecule has 1 amide bonds. The Hall–Kier alpha value is -1.44. The van der Waals surface area contributed by atoms with Crippen LogP contribution in [0.25, 0.3) is 0 Å². The molecule has 5 atom stereocenters. The molecule has 2 bridgehead atoms. The number of amides is 1. The molecule has 3 fully saturated rings. The Morgan fingerprint density at radius 3 is 2.52 bits per heavy atom. The molecule has 1 aromatic carbocycles. The lowest BCUT2D eigenvalue weighted by atomic mass is 9.84. The van der Waals surface area contributed by atoms with Crippen molar-refractivity contribution >= 4 is 21.6 Å². The first kappa shape index (κ1) is 18.9. The average molecular weight is 393 g/mol. The Balaban J connectivity index is 1.37. The molecular formula is C20H28N2O4S. The van der Waals surface area contributed by atoms with Crippen molar-refractivity contribution in [2.45, 2.75) is 50.0 Å². The zero-order valence-corrected chi connectivity index (χ0v) is 16.5. The first-order valence-electron chi connectivity index (χ1n) is 9.93. The van der Waals surface area contributed by atoms with Crippen LogP contribution in [0.4, 0.5) is 5.69 Å². The van der Waals surface area contributed by atoms with Gasteiger partial charge in [-0.3, -0.25) is 4.79 Å². The summed E-state index contributed by atoms with van der Waals surface area (Å²) in [5, 5.41) is 2.83. The van der Waals surface area contributed by atoms with Crippen molar-refractivity contribution in [3.63, 3.8) is 0 Å². The van der Waals surface area contributed by atoms with Crippen LogP contribution in [0.15, 0.2) is 29.2 Å². The molecule has 27 heavy (non-hydrogen) atoms. The van der Waals surface area contributed by atoms with Gasteiger partial charge in [-0.15, -0.1) is 0 Å². The zero-order valence-electron chi connectivity index (χ0n) is 15.7. The van der Waals surface area contributed by atoms with E-state index in [0.29, 0.717) is 30.7 Å². The van der Waals surface area contributed by atoms with Crippen molar-refractivity contribution in [1.82, 2.24) is 4.72 Å². The van der Waals surface area contributed by atoms with Gasteiger partial charge in [0, 0.05) is 18.3 Å². The Morgan fingerprint density at radius 1 is 1.15 bits per heavy atom. The van der Waals surface area contributed by atoms with E-state index in [4.69, 9.17) is 4.74 Å². The largest absolute Gasteiger partial charge is 0.381 e. The molecule has 1 aliphatic heterocycles. The highest BCUT2D eigenvalue weighted by molar-refractivity contribution is 7.89. The SMILES string of the molecule is CC(NS(=O)(=O)c1ccc(NC(=O)C2CCOC2)cc1)C1CC2CCC1C2. The number of benzene rings is 1. The number of ether oxygens (including phenoxy) is 1. The summed E-state index contributed by atoms with van der Waals surface area (Å²) in [4.78, 5) is 12.4. The van der Waals surface area contributed by atoms with Gasteiger partial charge in [0.15, 0.2) is 0 Å². The maximum Gasteiger partial charge on any atom is 0.240 e. The minimum Gasteiger partial charge on any atom is -0.381 e. The van der Waals surface area contributed by atoms with Crippen molar-refractivity contribution < 1.29 is 17.9 Å². The highest BCUT2D eigenvalue weighted by atomic mass is 32.2. The minimum atomic E-state index is -3.56. The third-order valence-corrected chi connectivity index (χ3v) is 8.08. The predicted octanol–water partition coefficient (Wildman–Crippen LogP) is 2.76. The maximum atomic E-state index is 12.7. The molecule has 1 aromatic rings. The van der Waals surface area contributed by atoms with E-state index in [1.165, 1.54) is 19.3 Å². The second kappa shape index (κ2) is 7.53. The number of carbonyl (C=O) groups is 1. The number of rotatable bonds is 6. The summed E-state index contributed by atoms with van der Waals surface area (Å²) in [6, 6.07) is 6.34. The van der Waals surface area contributed by atoms with E-state index in [2.05, 4.69) is 10.0 Å². The Morgan fingerprint density at radius 2 is 1.93 bits per heavy atom. The second-order valence-corrected chi connectivity index (χ2v) is 10.0. The van der Waals surface area contributed by atoms with Crippen LogP contribution < -0.4 is 10.0 Å². The lowest BCUT2D eigenvalue weighted by molar-refractivity contribution is -0.119. The lowest BCUT2D eigenvalue weighted by Gasteiger charge is -2.28. The van der Waals surface area contributed by atoms with Gasteiger partial charge in [-0.1, -0.05) is 6.42 Å². The van der Waals surface area contributed by atoms with Crippen molar-refractivity contribution in [1.29, 1.82) is 0 Å². The van der Waals surface area contributed by atoms with E-state index in [9.17, 15) is 13.2 Å². The van der Waals surface area contributed by atoms with Crippen molar-refractivity contribution in [2.75, 3.05) is 18.5 Å². The lowest BCUT2D eigenvalue weighted by Crippen LogP contribution is -2.40. The summed E-state index contributed by atoms with van der Waals surface area (Å²) >= 11 is 0. The number of sulfonamides is 1. The number of hydrogen-bond acceptors (Lipinski definition) is 4. The van der Waals surface area contributed by atoms with Crippen LogP contribution in [-0.2, 0) is 19.6 Å². The van der Waals surface area contributed by atoms with Crippen LogP contribution in [0.2, 0.25) is 0 Å². The van der Waals surface area contributed by atoms with Gasteiger partial charge in [0.1, 0.15) is 0 Å². The van der Waals surface area contributed by atoms with Gasteiger partial charge >= 0.3 is 0 Å². The molecule has 2 saturated carbocycles. The summed E-state index contributed by atoms with van der Waals surface area (Å²) in [7, 11) is -3.56. The van der Waals surface area contributed by atoms with E-state index < -0.39 is 10.0 Å². The molecule has 0 radical (unpaired) electrons. The zero-order chi connectivity index (χ0) is 19.0. The predicted molar refractivity (Wildman–Crippen MR) is 103 cm³/mol. The highest BCUT2D eigenvalue weighted by Crippen LogP contribution is 2.49. The third-order valence-electron chi connectivity index (χ3n) is 6.51. The quantitative estimate of drug-likeness (QED) is 0.780. The smallest absolute Gasteiger partial charge is 0.240 e. The monoisotopic (exact) mass is 392 g/mol. The van der Waals surface area contributed by atoms with Gasteiger partial charge in [-0.2, -0.15) is 0 Å². The highest BCUT2D eigenvalue weighted by Gasteiger charge is 2.42. The summed E-state index contributed by atoms with van der Waals surface area (Å²) in [6.07, 6.45) is 5.67. The van der Waals surface area contributed by atoms with Gasteiger partial charge in [-0.05, 0) is 74.6 Å². The second-order valence-electron chi connectivity index (χ2n) is 8.32. The molecule has 148 valence electrons. The summed E-state index contributed by atoms with van der Waals surface area (Å²) in [6.45, 7) is 3.05. The molecule has 4 rings (SSSR count). The van der Waals surface area contributed by atoms with Gasteiger partial charge in [0.05, 0.1) is 17.4 Å². The first-order chi connectivity index (χ1) is 12.9. The molecule has 3 aliphatic rings. The van der Waals surface area contributed by atoms with E-state index in [1.54, 1.807) is 24.3 Å². The van der Waals surface area contributed by atoms with Crippen molar-refractivity contribution in [2.24, 2.45) is 23.7 Å². The molecule has 7 heteroatoms. The molecule has 6 nitrogen and oxygen atoms in total. The normalized spacial score (nSPS) is 31.1. The molecule has 0 spiro atoms. The van der Waals surface area contributed by atoms with Crippen LogP contribution in [0.1, 0.15) is 39.0 Å². The summed E-state index contributed by atoms with van der Waals surface area (Å²) in [5.41, 5.74) is 0.604. The Bertz CT molecular complexity index is 787. The van der Waals surface area contributed by atoms with Gasteiger partial charge in [-0.25, -0.2) is 13.1 Å². The summed E-state index contributed by atoms with van der Waals surface area (Å²) in [5.74, 6) is 1.71. The number of fused-ring (bicyclic) bond motifs is 2. The molecule has 1 saturated heterocycles. The molecule has 2 N–H and O–H groups in total. The van der Waals surface area contributed by atoms with Gasteiger partial charge in [0.2, 0.25) is 15.9 Å². The van der Waals surface area contributed by atoms with E-state index in [-0.39, 0.29) is 22.8 Å². The Labute approximate surface area is 161 Å². The van der Waals surface area contributed by atoms with Crippen LogP contribution in [0.5, 0.6) is 0 Å². The van der Waals surface area contributed by atoms with Crippen LogP contribution in [-0.4, -0.2) is 33.6 Å². The topological polar surface area (TPSA) is 84.5 Å². The van der Waals surface area contributed by atoms with Crippen LogP contribution in [0, 0.1) is 23.7 Å². The minimum absolute atomic E-state index is 0.0490. The molecule has 5 unspecified atom stereocenters. The number of anilines is 1. The maximum absolute atomic E-state index is 12.7.